The molecule has 1 saturated heterocycles. The van der Waals surface area contributed by atoms with Crippen LogP contribution in [0, 0.1) is 0 Å². The number of nitrogens with one attached hydrogen (secondary N) is 2. The Morgan fingerprint density at radius 2 is 1.83 bits per heavy atom. The van der Waals surface area contributed by atoms with Gasteiger partial charge in [0.25, 0.3) is 6.47 Å². The number of pyridine rings is 1. The molecule has 0 radical (unpaired) electrons. The number of rotatable bonds is 10. The Hall–Kier alpha value is -5.44. The number of carboxylic acid groups (broad SMARTS) is 1. The fourth-order valence-electron chi connectivity index (χ4n) is 7.18. The van der Waals surface area contributed by atoms with Gasteiger partial charge >= 0.3 is 6.03 Å². The van der Waals surface area contributed by atoms with Gasteiger partial charge in [-0.05, 0) is 89.3 Å². The molecular weight excluding hydrogens is 687 g/mol. The Labute approximate surface area is 316 Å². The normalized spacial score (nSPS) is 18.5. The van der Waals surface area contributed by atoms with Crippen LogP contribution in [0.15, 0.2) is 61.1 Å². The van der Waals surface area contributed by atoms with Gasteiger partial charge in [-0.2, -0.15) is 10.2 Å². The Bertz CT molecular complexity index is 2030. The molecule has 1 aliphatic carbocycles. The number of carbonyl (C=O) groups is 2. The largest absolute Gasteiger partial charge is 0.484 e. The minimum atomic E-state index is -0.285. The van der Waals surface area contributed by atoms with Gasteiger partial charge in [0.2, 0.25) is 5.95 Å². The smallest absolute Gasteiger partial charge is 0.320 e. The summed E-state index contributed by atoms with van der Waals surface area (Å²) in [4.78, 5) is 26.5. The van der Waals surface area contributed by atoms with Crippen LogP contribution in [0.25, 0.3) is 11.3 Å². The zero-order chi connectivity index (χ0) is 38.4. The highest BCUT2D eigenvalue weighted by atomic mass is 16.5. The Morgan fingerprint density at radius 3 is 2.57 bits per heavy atom. The zero-order valence-electron chi connectivity index (χ0n) is 32.1. The fraction of sp³-hybridized carbons (Fsp3) is 0.487. The number of nitrogens with zero attached hydrogens (tertiary/aromatic N) is 9. The summed E-state index contributed by atoms with van der Waals surface area (Å²) in [5.74, 6) is 2.23. The molecule has 1 aliphatic heterocycles. The molecule has 3 atom stereocenters. The van der Waals surface area contributed by atoms with Gasteiger partial charge in [0, 0.05) is 30.6 Å². The molecular formula is C39H53N11O4. The van der Waals surface area contributed by atoms with Crippen molar-refractivity contribution in [2.75, 3.05) is 37.4 Å². The summed E-state index contributed by atoms with van der Waals surface area (Å²) in [6.07, 6.45) is 11.6. The van der Waals surface area contributed by atoms with Crippen molar-refractivity contribution in [3.05, 3.63) is 77.9 Å². The molecule has 4 aromatic heterocycles. The van der Waals surface area contributed by atoms with Crippen LogP contribution in [0.4, 0.5) is 16.6 Å². The van der Waals surface area contributed by atoms with Crippen molar-refractivity contribution in [3.8, 4) is 11.4 Å². The Kier molecular flexibility index (Phi) is 11.8. The first kappa shape index (κ1) is 38.3. The minimum absolute atomic E-state index is 0.154. The van der Waals surface area contributed by atoms with E-state index in [9.17, 15) is 4.79 Å². The number of amides is 2. The van der Waals surface area contributed by atoms with Crippen molar-refractivity contribution < 1.29 is 19.4 Å². The molecule has 7 rings (SSSR count). The molecule has 15 nitrogen and oxygen atoms in total. The fourth-order valence-corrected chi connectivity index (χ4v) is 7.18. The van der Waals surface area contributed by atoms with Crippen LogP contribution >= 0.6 is 0 Å². The highest BCUT2D eigenvalue weighted by Crippen LogP contribution is 2.39. The number of urea groups is 1. The van der Waals surface area contributed by atoms with Crippen molar-refractivity contribution in [1.82, 2.24) is 44.4 Å². The number of carbonyl (C=O) groups excluding carboxylic acids is 1. The second-order valence-corrected chi connectivity index (χ2v) is 15.4. The van der Waals surface area contributed by atoms with Crippen molar-refractivity contribution in [1.29, 1.82) is 0 Å². The number of piperidine rings is 1. The van der Waals surface area contributed by atoms with Crippen molar-refractivity contribution >= 4 is 29.9 Å². The van der Waals surface area contributed by atoms with E-state index >= 15 is 0 Å². The van der Waals surface area contributed by atoms with Gasteiger partial charge < -0.3 is 25.0 Å². The molecule has 15 heteroatoms. The van der Waals surface area contributed by atoms with E-state index in [-0.39, 0.29) is 30.1 Å². The van der Waals surface area contributed by atoms with Crippen molar-refractivity contribution in [2.45, 2.75) is 96.4 Å². The predicted molar refractivity (Wildman–Crippen MR) is 207 cm³/mol. The van der Waals surface area contributed by atoms with Crippen LogP contribution in [0.5, 0.6) is 5.75 Å². The van der Waals surface area contributed by atoms with Gasteiger partial charge in [0.05, 0.1) is 30.3 Å². The maximum Gasteiger partial charge on any atom is 0.320 e. The van der Waals surface area contributed by atoms with Crippen molar-refractivity contribution in [2.24, 2.45) is 0 Å². The van der Waals surface area contributed by atoms with Gasteiger partial charge in [0.15, 0.2) is 5.65 Å². The molecule has 0 spiro atoms. The van der Waals surface area contributed by atoms with E-state index in [1.807, 2.05) is 51.8 Å². The van der Waals surface area contributed by atoms with Crippen LogP contribution in [-0.4, -0.2) is 89.9 Å². The van der Waals surface area contributed by atoms with Crippen LogP contribution < -0.4 is 20.3 Å². The number of aromatic nitrogens is 7. The number of fused-ring (bicyclic) bond motifs is 2. The van der Waals surface area contributed by atoms with Gasteiger partial charge in [0.1, 0.15) is 23.4 Å². The number of anilines is 2. The number of ether oxygens (including phenoxy) is 1. The highest BCUT2D eigenvalue weighted by Gasteiger charge is 2.31. The van der Waals surface area contributed by atoms with Gasteiger partial charge in [-0.1, -0.05) is 45.0 Å². The van der Waals surface area contributed by atoms with E-state index in [1.165, 1.54) is 6.42 Å². The number of hydrogen-bond donors (Lipinski definition) is 3. The monoisotopic (exact) mass is 739 g/mol. The minimum Gasteiger partial charge on any atom is -0.484 e. The number of benzene rings is 1. The SMILES string of the molecule is CC1CCCCN1c1nnc2ccc(OC3CCC(NC(=O)Nc4cc(C(C)(C)C)nn4-c4cnn(CCCN(C)C)c4)c4ccccc43)cn12.O=CO. The summed E-state index contributed by atoms with van der Waals surface area (Å²) < 4.78 is 12.4. The van der Waals surface area contributed by atoms with Crippen LogP contribution in [0.1, 0.15) is 95.2 Å². The molecule has 0 bridgehead atoms. The summed E-state index contributed by atoms with van der Waals surface area (Å²) in [6, 6.07) is 14.1. The zero-order valence-corrected chi connectivity index (χ0v) is 32.1. The van der Waals surface area contributed by atoms with Crippen LogP contribution in [-0.2, 0) is 16.8 Å². The Balaban J connectivity index is 0.00000160. The molecule has 3 N–H and O–H groups in total. The Morgan fingerprint density at radius 1 is 1.06 bits per heavy atom. The molecule has 1 aromatic carbocycles. The van der Waals surface area contributed by atoms with Gasteiger partial charge in [-0.25, -0.2) is 9.48 Å². The van der Waals surface area contributed by atoms with Crippen molar-refractivity contribution in [3.63, 3.8) is 0 Å². The third kappa shape index (κ3) is 8.84. The van der Waals surface area contributed by atoms with E-state index in [1.54, 1.807) is 10.9 Å². The summed E-state index contributed by atoms with van der Waals surface area (Å²) in [6.45, 7) is 11.1. The molecule has 5 aromatic rings. The second kappa shape index (κ2) is 16.7. The molecule has 2 amide bonds. The van der Waals surface area contributed by atoms with E-state index < -0.39 is 0 Å². The van der Waals surface area contributed by atoms with Gasteiger partial charge in [-0.3, -0.25) is 19.2 Å². The molecule has 3 unspecified atom stereocenters. The van der Waals surface area contributed by atoms with E-state index in [4.69, 9.17) is 19.7 Å². The molecule has 0 saturated carbocycles. The van der Waals surface area contributed by atoms with E-state index in [0.29, 0.717) is 11.9 Å². The average molecular weight is 740 g/mol. The van der Waals surface area contributed by atoms with Crippen LogP contribution in [0.2, 0.25) is 0 Å². The third-order valence-electron chi connectivity index (χ3n) is 10.0. The summed E-state index contributed by atoms with van der Waals surface area (Å²) in [5.41, 5.74) is 4.41. The average Bonchev–Trinajstić information content (AvgIpc) is 3.88. The van der Waals surface area contributed by atoms with E-state index in [2.05, 4.69) is 89.7 Å². The molecule has 5 heterocycles. The molecule has 2 aliphatic rings. The predicted octanol–water partition coefficient (Wildman–Crippen LogP) is 6.22. The lowest BCUT2D eigenvalue weighted by atomic mass is 9.85. The maximum absolute atomic E-state index is 13.7. The lowest BCUT2D eigenvalue weighted by molar-refractivity contribution is -0.122. The second-order valence-electron chi connectivity index (χ2n) is 15.4. The molecule has 288 valence electrons. The number of aryl methyl sites for hydroxylation is 1. The quantitative estimate of drug-likeness (QED) is 0.140. The highest BCUT2D eigenvalue weighted by molar-refractivity contribution is 5.89. The molecule has 1 fully saturated rings. The molecule has 54 heavy (non-hydrogen) atoms. The summed E-state index contributed by atoms with van der Waals surface area (Å²) >= 11 is 0. The topological polar surface area (TPSA) is 160 Å². The first-order chi connectivity index (χ1) is 25.9. The standard InChI is InChI=1S/C38H51N11O2.CH2O2/c1-26-12-9-10-21-47(26)37-43-42-34-18-15-28(25-48(34)37)51-32-17-16-31(29-13-7-8-14-30(29)32)40-36(50)41-35-22-33(38(2,3)4)44-49(35)27-23-39-46(24-27)20-11-19-45(5)6;2-1-3/h7-8,13-15,18,22-26,31-32H,9-12,16-17,19-21H2,1-6H3,(H2,40,41,50);1H,(H,2,3). The lowest BCUT2D eigenvalue weighted by Crippen LogP contribution is -2.38. The number of hydrogen-bond acceptors (Lipinski definition) is 9. The third-order valence-corrected chi connectivity index (χ3v) is 10.0. The maximum atomic E-state index is 13.7. The summed E-state index contributed by atoms with van der Waals surface area (Å²) in [5, 5.41) is 31.7. The lowest BCUT2D eigenvalue weighted by Gasteiger charge is -2.33. The van der Waals surface area contributed by atoms with Gasteiger partial charge in [-0.15, -0.1) is 10.2 Å². The van der Waals surface area contributed by atoms with Crippen LogP contribution in [0.3, 0.4) is 0 Å². The van der Waals surface area contributed by atoms with E-state index in [0.717, 1.165) is 91.6 Å². The first-order valence-electron chi connectivity index (χ1n) is 18.8. The first-order valence-corrected chi connectivity index (χ1v) is 18.8. The summed E-state index contributed by atoms with van der Waals surface area (Å²) in [7, 11) is 4.14.